The van der Waals surface area contributed by atoms with Crippen molar-refractivity contribution >= 4 is 39.4 Å². The third-order valence-corrected chi connectivity index (χ3v) is 2.68. The smallest absolute Gasteiger partial charge is 0.229 e. The van der Waals surface area contributed by atoms with Gasteiger partial charge in [-0.2, -0.15) is 5.10 Å². The van der Waals surface area contributed by atoms with Crippen molar-refractivity contribution in [1.29, 1.82) is 0 Å². The normalized spacial score (nSPS) is 10.7. The Labute approximate surface area is 125 Å². The summed E-state index contributed by atoms with van der Waals surface area (Å²) in [4.78, 5) is 22.0. The predicted molar refractivity (Wildman–Crippen MR) is 81.4 cm³/mol. The number of nitrogens with one attached hydrogen (secondary N) is 2. The van der Waals surface area contributed by atoms with Gasteiger partial charge in [0.05, 0.1) is 5.71 Å². The molecule has 0 atom stereocenters. The standard InChI is InChI=1S/C13H15BrN4O2/c1-8(11-4-6-12(14)7-5-11)17-18-13(15-9(2)19)16-10(3)20/h4-7H,1-3H3,(H2,15,16,18,19,20)/b17-8+. The van der Waals surface area contributed by atoms with Crippen LogP contribution in [0.2, 0.25) is 0 Å². The van der Waals surface area contributed by atoms with Crippen LogP contribution in [0, 0.1) is 0 Å². The maximum Gasteiger partial charge on any atom is 0.229 e. The number of halogens is 1. The van der Waals surface area contributed by atoms with E-state index in [1.165, 1.54) is 13.8 Å². The van der Waals surface area contributed by atoms with Gasteiger partial charge in [-0.15, -0.1) is 5.10 Å². The Kier molecular flexibility index (Phi) is 6.05. The lowest BCUT2D eigenvalue weighted by Crippen LogP contribution is -2.41. The number of guanidine groups is 1. The Morgan fingerprint density at radius 3 is 1.90 bits per heavy atom. The molecule has 0 aliphatic heterocycles. The molecule has 106 valence electrons. The summed E-state index contributed by atoms with van der Waals surface area (Å²) in [7, 11) is 0. The third-order valence-electron chi connectivity index (χ3n) is 2.15. The lowest BCUT2D eigenvalue weighted by atomic mass is 10.1. The summed E-state index contributed by atoms with van der Waals surface area (Å²) < 4.78 is 0.967. The molecule has 0 fully saturated rings. The third kappa shape index (κ3) is 5.75. The second-order valence-corrected chi connectivity index (χ2v) is 4.92. The second kappa shape index (κ2) is 7.54. The first-order chi connectivity index (χ1) is 9.38. The van der Waals surface area contributed by atoms with E-state index in [1.807, 2.05) is 24.3 Å². The molecule has 0 bridgehead atoms. The number of benzene rings is 1. The first-order valence-corrected chi connectivity index (χ1v) is 6.61. The predicted octanol–water partition coefficient (Wildman–Crippen LogP) is 1.80. The zero-order valence-corrected chi connectivity index (χ0v) is 13.0. The summed E-state index contributed by atoms with van der Waals surface area (Å²) in [6.07, 6.45) is 0. The van der Waals surface area contributed by atoms with Crippen molar-refractivity contribution in [3.05, 3.63) is 34.3 Å². The zero-order chi connectivity index (χ0) is 15.1. The lowest BCUT2D eigenvalue weighted by molar-refractivity contribution is -0.117. The van der Waals surface area contributed by atoms with E-state index in [-0.39, 0.29) is 17.8 Å². The van der Waals surface area contributed by atoms with Crippen molar-refractivity contribution in [2.75, 3.05) is 0 Å². The summed E-state index contributed by atoms with van der Waals surface area (Å²) in [6.45, 7) is 4.43. The topological polar surface area (TPSA) is 82.9 Å². The van der Waals surface area contributed by atoms with Gasteiger partial charge in [-0.05, 0) is 24.6 Å². The fourth-order valence-electron chi connectivity index (χ4n) is 1.29. The second-order valence-electron chi connectivity index (χ2n) is 4.00. The van der Waals surface area contributed by atoms with Gasteiger partial charge in [0.15, 0.2) is 0 Å². The quantitative estimate of drug-likeness (QED) is 0.489. The molecule has 2 N–H and O–H groups in total. The van der Waals surface area contributed by atoms with Crippen molar-refractivity contribution in [1.82, 2.24) is 10.6 Å². The van der Waals surface area contributed by atoms with Crippen LogP contribution in [-0.2, 0) is 9.59 Å². The van der Waals surface area contributed by atoms with Gasteiger partial charge in [-0.1, -0.05) is 28.1 Å². The van der Waals surface area contributed by atoms with Crippen LogP contribution in [-0.4, -0.2) is 23.5 Å². The molecule has 0 aromatic heterocycles. The number of amides is 2. The number of hydrogen-bond donors (Lipinski definition) is 2. The molecule has 0 unspecified atom stereocenters. The van der Waals surface area contributed by atoms with Crippen molar-refractivity contribution in [3.8, 4) is 0 Å². The highest BCUT2D eigenvalue weighted by atomic mass is 79.9. The van der Waals surface area contributed by atoms with E-state index < -0.39 is 0 Å². The molecule has 1 aromatic rings. The Balaban J connectivity index is 2.92. The van der Waals surface area contributed by atoms with Gasteiger partial charge in [0, 0.05) is 18.3 Å². The monoisotopic (exact) mass is 338 g/mol. The van der Waals surface area contributed by atoms with Crippen LogP contribution in [0.3, 0.4) is 0 Å². The fourth-order valence-corrected chi connectivity index (χ4v) is 1.55. The first-order valence-electron chi connectivity index (χ1n) is 5.82. The summed E-state index contributed by atoms with van der Waals surface area (Å²) in [6, 6.07) is 7.55. The largest absolute Gasteiger partial charge is 0.295 e. The summed E-state index contributed by atoms with van der Waals surface area (Å²) >= 11 is 3.35. The molecular formula is C13H15BrN4O2. The molecule has 7 heteroatoms. The van der Waals surface area contributed by atoms with E-state index >= 15 is 0 Å². The average molecular weight is 339 g/mol. The SMILES string of the molecule is CC(=O)NC(=N/N=C(\C)c1ccc(Br)cc1)NC(C)=O. The van der Waals surface area contributed by atoms with Gasteiger partial charge >= 0.3 is 0 Å². The highest BCUT2D eigenvalue weighted by Gasteiger charge is 2.03. The van der Waals surface area contributed by atoms with Crippen molar-refractivity contribution in [2.24, 2.45) is 10.2 Å². The van der Waals surface area contributed by atoms with Gasteiger partial charge in [0.1, 0.15) is 0 Å². The molecule has 0 spiro atoms. The van der Waals surface area contributed by atoms with Gasteiger partial charge < -0.3 is 0 Å². The number of carbonyl (C=O) groups is 2. The zero-order valence-electron chi connectivity index (χ0n) is 11.4. The molecule has 20 heavy (non-hydrogen) atoms. The van der Waals surface area contributed by atoms with E-state index in [0.29, 0.717) is 5.71 Å². The van der Waals surface area contributed by atoms with Gasteiger partial charge in [-0.25, -0.2) is 0 Å². The van der Waals surface area contributed by atoms with Crippen LogP contribution in [0.4, 0.5) is 0 Å². The van der Waals surface area contributed by atoms with E-state index in [0.717, 1.165) is 10.0 Å². The van der Waals surface area contributed by atoms with Gasteiger partial charge in [-0.3, -0.25) is 20.2 Å². The van der Waals surface area contributed by atoms with Crippen molar-refractivity contribution in [2.45, 2.75) is 20.8 Å². The van der Waals surface area contributed by atoms with Crippen LogP contribution < -0.4 is 10.6 Å². The van der Waals surface area contributed by atoms with Crippen LogP contribution >= 0.6 is 15.9 Å². The van der Waals surface area contributed by atoms with E-state index in [1.54, 1.807) is 6.92 Å². The molecule has 0 saturated carbocycles. The highest BCUT2D eigenvalue weighted by Crippen LogP contribution is 2.11. The van der Waals surface area contributed by atoms with Crippen molar-refractivity contribution < 1.29 is 9.59 Å². The van der Waals surface area contributed by atoms with Crippen molar-refractivity contribution in [3.63, 3.8) is 0 Å². The minimum Gasteiger partial charge on any atom is -0.295 e. The number of rotatable bonds is 2. The first kappa shape index (κ1) is 16.0. The molecule has 6 nitrogen and oxygen atoms in total. The molecule has 0 aliphatic carbocycles. The van der Waals surface area contributed by atoms with E-state index in [2.05, 4.69) is 36.8 Å². The van der Waals surface area contributed by atoms with Crippen LogP contribution in [0.5, 0.6) is 0 Å². The Hall–Kier alpha value is -2.02. The van der Waals surface area contributed by atoms with Crippen LogP contribution in [0.25, 0.3) is 0 Å². The minimum absolute atomic E-state index is 0.00135. The summed E-state index contributed by atoms with van der Waals surface area (Å²) in [5.74, 6) is -0.676. The average Bonchev–Trinajstić information content (AvgIpc) is 2.35. The fraction of sp³-hybridized carbons (Fsp3) is 0.231. The highest BCUT2D eigenvalue weighted by molar-refractivity contribution is 9.10. The van der Waals surface area contributed by atoms with E-state index in [4.69, 9.17) is 0 Å². The lowest BCUT2D eigenvalue weighted by Gasteiger charge is -2.05. The van der Waals surface area contributed by atoms with Gasteiger partial charge in [0.25, 0.3) is 0 Å². The summed E-state index contributed by atoms with van der Waals surface area (Å²) in [5, 5.41) is 12.6. The molecule has 0 heterocycles. The Morgan fingerprint density at radius 2 is 1.45 bits per heavy atom. The molecule has 0 aliphatic rings. The summed E-state index contributed by atoms with van der Waals surface area (Å²) in [5.41, 5.74) is 1.55. The molecule has 1 rings (SSSR count). The Bertz CT molecular complexity index is 546. The number of hydrogen-bond acceptors (Lipinski definition) is 4. The number of nitrogens with zero attached hydrogens (tertiary/aromatic N) is 2. The maximum absolute atomic E-state index is 11.0. The minimum atomic E-state index is -0.339. The van der Waals surface area contributed by atoms with Gasteiger partial charge in [0.2, 0.25) is 17.8 Å². The molecule has 1 aromatic carbocycles. The van der Waals surface area contributed by atoms with Crippen LogP contribution in [0.15, 0.2) is 38.9 Å². The van der Waals surface area contributed by atoms with E-state index in [9.17, 15) is 9.59 Å². The van der Waals surface area contributed by atoms with Crippen LogP contribution in [0.1, 0.15) is 26.3 Å². The maximum atomic E-state index is 11.0. The number of carbonyl (C=O) groups excluding carboxylic acids is 2. The molecular weight excluding hydrogens is 324 g/mol. The molecule has 0 saturated heterocycles. The molecule has 0 radical (unpaired) electrons. The Morgan fingerprint density at radius 1 is 0.950 bits per heavy atom. The molecule has 2 amide bonds.